The second-order valence-electron chi connectivity index (χ2n) is 8.63. The number of rotatable bonds is 14. The molecule has 1 fully saturated rings. The van der Waals surface area contributed by atoms with Gasteiger partial charge < -0.3 is 50.4 Å². The molecule has 2 aromatic carbocycles. The Kier molecular flexibility index (Phi) is 11.5. The summed E-state index contributed by atoms with van der Waals surface area (Å²) < 4.78 is 21.4. The molecular weight excluding hydrogens is 518 g/mol. The SMILES string of the molecule is NCCOCCOCCNC(=O)c1cc(-c2ccc(OC3OC(CO)C(O)C(O)C3O)cc2)cc([N+](=O)[O-])c1. The van der Waals surface area contributed by atoms with Crippen molar-refractivity contribution >= 4 is 11.6 Å². The highest BCUT2D eigenvalue weighted by Gasteiger charge is 2.44. The maximum absolute atomic E-state index is 12.6. The van der Waals surface area contributed by atoms with Gasteiger partial charge in [0.1, 0.15) is 30.2 Å². The number of aliphatic hydroxyl groups is 4. The molecule has 1 amide bonds. The lowest BCUT2D eigenvalue weighted by atomic mass is 9.99. The van der Waals surface area contributed by atoms with Crippen molar-refractivity contribution in [2.75, 3.05) is 46.1 Å². The van der Waals surface area contributed by atoms with Crippen LogP contribution in [0.2, 0.25) is 0 Å². The zero-order chi connectivity index (χ0) is 28.4. The minimum absolute atomic E-state index is 0.0899. The second-order valence-corrected chi connectivity index (χ2v) is 8.63. The standard InChI is InChI=1S/C25H33N3O11/c26-5-7-36-9-10-37-8-6-27-24(33)17-11-16(12-18(13-17)28(34)35)15-1-3-19(4-2-15)38-25-23(32)22(31)21(30)20(14-29)39-25/h1-4,11-13,20-23,25,29-32H,5-10,14,26H2,(H,27,33). The number of nitro benzene ring substituents is 1. The molecule has 2 aromatic rings. The van der Waals surface area contributed by atoms with Crippen molar-refractivity contribution in [2.24, 2.45) is 5.73 Å². The number of nitrogens with zero attached hydrogens (tertiary/aromatic N) is 1. The molecule has 14 nitrogen and oxygen atoms in total. The van der Waals surface area contributed by atoms with Crippen molar-refractivity contribution in [1.82, 2.24) is 5.32 Å². The van der Waals surface area contributed by atoms with Crippen LogP contribution in [0.25, 0.3) is 11.1 Å². The van der Waals surface area contributed by atoms with Gasteiger partial charge in [0.05, 0.1) is 38.0 Å². The number of carbonyl (C=O) groups excluding carboxylic acids is 1. The van der Waals surface area contributed by atoms with E-state index < -0.39 is 48.1 Å². The molecule has 214 valence electrons. The fourth-order valence-electron chi connectivity index (χ4n) is 3.78. The van der Waals surface area contributed by atoms with Gasteiger partial charge in [-0.05, 0) is 29.3 Å². The van der Waals surface area contributed by atoms with E-state index >= 15 is 0 Å². The first-order valence-corrected chi connectivity index (χ1v) is 12.3. The highest BCUT2D eigenvalue weighted by molar-refractivity contribution is 5.96. The molecule has 0 radical (unpaired) electrons. The monoisotopic (exact) mass is 551 g/mol. The third-order valence-electron chi connectivity index (χ3n) is 5.85. The van der Waals surface area contributed by atoms with E-state index in [-0.39, 0.29) is 30.2 Å². The number of aliphatic hydroxyl groups excluding tert-OH is 4. The van der Waals surface area contributed by atoms with Crippen LogP contribution in [0, 0.1) is 10.1 Å². The molecule has 1 aliphatic heterocycles. The fraction of sp³-hybridized carbons (Fsp3) is 0.480. The molecule has 0 bridgehead atoms. The summed E-state index contributed by atoms with van der Waals surface area (Å²) >= 11 is 0. The number of benzene rings is 2. The predicted octanol–water partition coefficient (Wildman–Crippen LogP) is -0.838. The molecule has 0 aliphatic carbocycles. The molecular formula is C25H33N3O11. The number of hydrogen-bond donors (Lipinski definition) is 6. The highest BCUT2D eigenvalue weighted by Crippen LogP contribution is 2.29. The van der Waals surface area contributed by atoms with Gasteiger partial charge in [0.2, 0.25) is 6.29 Å². The van der Waals surface area contributed by atoms with E-state index in [2.05, 4.69) is 5.32 Å². The minimum atomic E-state index is -1.59. The first kappa shape index (κ1) is 30.3. The van der Waals surface area contributed by atoms with Gasteiger partial charge in [-0.3, -0.25) is 14.9 Å². The Balaban J connectivity index is 1.65. The summed E-state index contributed by atoms with van der Waals surface area (Å²) in [7, 11) is 0. The van der Waals surface area contributed by atoms with Gasteiger partial charge in [0.25, 0.3) is 11.6 Å². The van der Waals surface area contributed by atoms with Crippen LogP contribution in [-0.2, 0) is 14.2 Å². The Morgan fingerprint density at radius 2 is 1.67 bits per heavy atom. The lowest BCUT2D eigenvalue weighted by Gasteiger charge is -2.39. The van der Waals surface area contributed by atoms with Gasteiger partial charge in [-0.2, -0.15) is 0 Å². The van der Waals surface area contributed by atoms with Gasteiger partial charge >= 0.3 is 0 Å². The number of nitro groups is 1. The molecule has 1 saturated heterocycles. The highest BCUT2D eigenvalue weighted by atomic mass is 16.7. The molecule has 5 unspecified atom stereocenters. The largest absolute Gasteiger partial charge is 0.462 e. The van der Waals surface area contributed by atoms with Crippen LogP contribution < -0.4 is 15.8 Å². The Bertz CT molecular complexity index is 1080. The van der Waals surface area contributed by atoms with E-state index in [0.29, 0.717) is 37.5 Å². The predicted molar refractivity (Wildman–Crippen MR) is 136 cm³/mol. The molecule has 5 atom stereocenters. The van der Waals surface area contributed by atoms with Gasteiger partial charge in [0.15, 0.2) is 0 Å². The molecule has 0 spiro atoms. The van der Waals surface area contributed by atoms with Crippen LogP contribution >= 0.6 is 0 Å². The van der Waals surface area contributed by atoms with E-state index in [9.17, 15) is 35.3 Å². The van der Waals surface area contributed by atoms with Crippen LogP contribution in [0.1, 0.15) is 10.4 Å². The normalized spacial score (nSPS) is 22.8. The van der Waals surface area contributed by atoms with Crippen LogP contribution in [-0.4, -0.2) is 108 Å². The maximum Gasteiger partial charge on any atom is 0.270 e. The van der Waals surface area contributed by atoms with Gasteiger partial charge in [-0.1, -0.05) is 12.1 Å². The van der Waals surface area contributed by atoms with E-state index in [1.807, 2.05) is 0 Å². The van der Waals surface area contributed by atoms with Crippen molar-refractivity contribution in [3.8, 4) is 16.9 Å². The summed E-state index contributed by atoms with van der Waals surface area (Å²) in [6.45, 7) is 1.40. The van der Waals surface area contributed by atoms with Crippen molar-refractivity contribution in [3.05, 3.63) is 58.1 Å². The summed E-state index contributed by atoms with van der Waals surface area (Å²) in [6, 6.07) is 10.2. The zero-order valence-electron chi connectivity index (χ0n) is 21.0. The Hall–Kier alpha value is -3.21. The van der Waals surface area contributed by atoms with Gasteiger partial charge in [-0.15, -0.1) is 0 Å². The summed E-state index contributed by atoms with van der Waals surface area (Å²) in [5.41, 5.74) is 6.08. The van der Waals surface area contributed by atoms with Crippen molar-refractivity contribution in [3.63, 3.8) is 0 Å². The summed E-state index contributed by atoms with van der Waals surface area (Å²) in [6.07, 6.45) is -7.15. The van der Waals surface area contributed by atoms with E-state index in [1.54, 1.807) is 12.1 Å². The van der Waals surface area contributed by atoms with Crippen LogP contribution in [0.15, 0.2) is 42.5 Å². The average Bonchev–Trinajstić information content (AvgIpc) is 2.94. The third kappa shape index (κ3) is 8.39. The van der Waals surface area contributed by atoms with Crippen molar-refractivity contribution in [2.45, 2.75) is 30.7 Å². The van der Waals surface area contributed by atoms with Gasteiger partial charge in [-0.25, -0.2) is 0 Å². The van der Waals surface area contributed by atoms with Crippen molar-refractivity contribution in [1.29, 1.82) is 0 Å². The molecule has 3 rings (SSSR count). The first-order chi connectivity index (χ1) is 18.7. The minimum Gasteiger partial charge on any atom is -0.462 e. The quantitative estimate of drug-likeness (QED) is 0.0963. The summed E-state index contributed by atoms with van der Waals surface area (Å²) in [5.74, 6) is -0.287. The second kappa shape index (κ2) is 14.8. The van der Waals surface area contributed by atoms with E-state index in [4.69, 9.17) is 24.7 Å². The zero-order valence-corrected chi connectivity index (χ0v) is 21.0. The average molecular weight is 552 g/mol. The number of ether oxygens (including phenoxy) is 4. The Morgan fingerprint density at radius 1 is 0.974 bits per heavy atom. The third-order valence-corrected chi connectivity index (χ3v) is 5.85. The van der Waals surface area contributed by atoms with Crippen LogP contribution in [0.5, 0.6) is 5.75 Å². The number of carbonyl (C=O) groups is 1. The van der Waals surface area contributed by atoms with E-state index in [0.717, 1.165) is 0 Å². The molecule has 1 aliphatic rings. The van der Waals surface area contributed by atoms with E-state index in [1.165, 1.54) is 30.3 Å². The number of hydrogen-bond acceptors (Lipinski definition) is 12. The number of nitrogens with two attached hydrogens (primary N) is 1. The smallest absolute Gasteiger partial charge is 0.270 e. The lowest BCUT2D eigenvalue weighted by molar-refractivity contribution is -0.384. The Labute approximate surface area is 224 Å². The van der Waals surface area contributed by atoms with Crippen LogP contribution in [0.4, 0.5) is 5.69 Å². The lowest BCUT2D eigenvalue weighted by Crippen LogP contribution is -2.60. The molecule has 0 saturated carbocycles. The summed E-state index contributed by atoms with van der Waals surface area (Å²) in [5, 5.41) is 53.4. The number of non-ortho nitro benzene ring substituents is 1. The first-order valence-electron chi connectivity index (χ1n) is 12.3. The maximum atomic E-state index is 12.6. The molecule has 7 N–H and O–H groups in total. The van der Waals surface area contributed by atoms with Crippen LogP contribution in [0.3, 0.4) is 0 Å². The molecule has 0 aromatic heterocycles. The summed E-state index contributed by atoms with van der Waals surface area (Å²) in [4.78, 5) is 23.5. The molecule has 14 heteroatoms. The fourth-order valence-corrected chi connectivity index (χ4v) is 3.78. The van der Waals surface area contributed by atoms with Gasteiger partial charge in [0, 0.05) is 30.8 Å². The molecule has 1 heterocycles. The number of nitrogens with one attached hydrogen (secondary N) is 1. The molecule has 39 heavy (non-hydrogen) atoms. The van der Waals surface area contributed by atoms with Crippen molar-refractivity contribution < 1.29 is 49.1 Å². The topological polar surface area (TPSA) is 216 Å². The number of amides is 1. The Morgan fingerprint density at radius 3 is 2.31 bits per heavy atom.